The normalized spacial score (nSPS) is 12.7. The Morgan fingerprint density at radius 3 is 1.74 bits per heavy atom. The maximum atomic E-state index is 10.5. The minimum Gasteiger partial charge on any atom is -0.370 e. The minimum atomic E-state index is -2.69. The monoisotopic (exact) mass is 279 g/mol. The molecule has 7 N–H and O–H groups in total. The van der Waals surface area contributed by atoms with Gasteiger partial charge in [0.1, 0.15) is 0 Å². The van der Waals surface area contributed by atoms with Gasteiger partial charge in [-0.15, -0.1) is 0 Å². The van der Waals surface area contributed by atoms with Gasteiger partial charge in [0, 0.05) is 25.7 Å². The number of carbonyl (C=O) groups is 1. The highest BCUT2D eigenvalue weighted by Crippen LogP contribution is 2.20. The van der Waals surface area contributed by atoms with Gasteiger partial charge in [-0.3, -0.25) is 4.79 Å². The molecule has 0 heterocycles. The highest BCUT2D eigenvalue weighted by molar-refractivity contribution is 5.73. The first-order chi connectivity index (χ1) is 8.62. The van der Waals surface area contributed by atoms with Crippen LogP contribution in [0.3, 0.4) is 0 Å². The van der Waals surface area contributed by atoms with E-state index in [9.17, 15) is 15.0 Å². The summed E-state index contributed by atoms with van der Waals surface area (Å²) in [5, 5.41) is 45.2. The van der Waals surface area contributed by atoms with Crippen LogP contribution in [0.4, 0.5) is 0 Å². The quantitative estimate of drug-likeness (QED) is 0.218. The number of hydrogen-bond donors (Lipinski definition) is 6. The van der Waals surface area contributed by atoms with Crippen LogP contribution in [0.15, 0.2) is 0 Å². The van der Waals surface area contributed by atoms with Crippen LogP contribution < -0.4 is 5.73 Å². The molecule has 0 rings (SSSR count). The number of unbranched alkanes of at least 4 members (excludes halogenated alkanes) is 3. The summed E-state index contributed by atoms with van der Waals surface area (Å²) in [5.41, 5.74) is 4.98. The van der Waals surface area contributed by atoms with Gasteiger partial charge < -0.3 is 31.3 Å². The van der Waals surface area contributed by atoms with Crippen LogP contribution in [0, 0.1) is 0 Å². The van der Waals surface area contributed by atoms with Gasteiger partial charge in [-0.05, 0) is 25.7 Å². The van der Waals surface area contributed by atoms with Crippen molar-refractivity contribution in [2.24, 2.45) is 5.73 Å². The molecule has 0 atom stereocenters. The Morgan fingerprint density at radius 1 is 0.789 bits per heavy atom. The van der Waals surface area contributed by atoms with Crippen molar-refractivity contribution in [3.8, 4) is 0 Å². The summed E-state index contributed by atoms with van der Waals surface area (Å²) >= 11 is 0. The first-order valence-electron chi connectivity index (χ1n) is 6.53. The summed E-state index contributed by atoms with van der Waals surface area (Å²) in [4.78, 5) is 10.5. The second-order valence-corrected chi connectivity index (χ2v) is 4.99. The smallest absolute Gasteiger partial charge is 0.275 e. The zero-order chi connectivity index (χ0) is 14.9. The lowest BCUT2D eigenvalue weighted by Crippen LogP contribution is -2.29. The van der Waals surface area contributed by atoms with E-state index in [1.165, 1.54) is 0 Å². The molecule has 1 amide bonds. The predicted molar refractivity (Wildman–Crippen MR) is 67.3 cm³/mol. The zero-order valence-corrected chi connectivity index (χ0v) is 11.1. The summed E-state index contributed by atoms with van der Waals surface area (Å²) in [6.07, 6.45) is 2.88. The molecule has 114 valence electrons. The topological polar surface area (TPSA) is 144 Å². The van der Waals surface area contributed by atoms with Gasteiger partial charge in [-0.25, -0.2) is 0 Å². The SMILES string of the molecule is NC(=O)CCCCCC(O)(O)CCCCC(O)(O)O. The minimum absolute atomic E-state index is 0.0961. The van der Waals surface area contributed by atoms with Gasteiger partial charge in [-0.2, -0.15) is 0 Å². The Bertz CT molecular complexity index is 261. The molecule has 0 aliphatic carbocycles. The molecular formula is C12H25NO6. The third-order valence-corrected chi connectivity index (χ3v) is 2.84. The van der Waals surface area contributed by atoms with Crippen molar-refractivity contribution in [1.82, 2.24) is 0 Å². The molecule has 0 aliphatic heterocycles. The second kappa shape index (κ2) is 8.44. The summed E-state index contributed by atoms with van der Waals surface area (Å²) in [6, 6.07) is 0. The molecule has 0 aromatic carbocycles. The van der Waals surface area contributed by atoms with E-state index in [1.54, 1.807) is 0 Å². The van der Waals surface area contributed by atoms with E-state index in [1.807, 2.05) is 0 Å². The third kappa shape index (κ3) is 13.5. The highest BCUT2D eigenvalue weighted by Gasteiger charge is 2.23. The van der Waals surface area contributed by atoms with E-state index in [2.05, 4.69) is 0 Å². The van der Waals surface area contributed by atoms with Crippen molar-refractivity contribution in [2.45, 2.75) is 69.5 Å². The number of primary amides is 1. The van der Waals surface area contributed by atoms with Crippen LogP contribution in [0.25, 0.3) is 0 Å². The van der Waals surface area contributed by atoms with Crippen LogP contribution in [0.2, 0.25) is 0 Å². The Labute approximate surface area is 112 Å². The number of hydrogen-bond acceptors (Lipinski definition) is 6. The first-order valence-corrected chi connectivity index (χ1v) is 6.53. The maximum Gasteiger partial charge on any atom is 0.275 e. The van der Waals surface area contributed by atoms with E-state index >= 15 is 0 Å². The molecule has 0 fully saturated rings. The number of aliphatic hydroxyl groups is 5. The van der Waals surface area contributed by atoms with Crippen molar-refractivity contribution in [3.63, 3.8) is 0 Å². The summed E-state index contributed by atoms with van der Waals surface area (Å²) in [7, 11) is 0. The molecule has 0 aromatic rings. The van der Waals surface area contributed by atoms with E-state index in [0.717, 1.165) is 0 Å². The molecule has 0 unspecified atom stereocenters. The van der Waals surface area contributed by atoms with Crippen LogP contribution in [-0.2, 0) is 4.79 Å². The Balaban J connectivity index is 3.60. The van der Waals surface area contributed by atoms with Gasteiger partial charge in [0.25, 0.3) is 5.97 Å². The molecule has 0 aromatic heterocycles. The number of carbonyl (C=O) groups excluding carboxylic acids is 1. The first kappa shape index (κ1) is 18.3. The van der Waals surface area contributed by atoms with E-state index in [0.29, 0.717) is 32.1 Å². The molecule has 0 saturated heterocycles. The predicted octanol–water partition coefficient (Wildman–Crippen LogP) is -0.706. The average molecular weight is 279 g/mol. The molecule has 0 aliphatic rings. The summed E-state index contributed by atoms with van der Waals surface area (Å²) in [6.45, 7) is 0. The Kier molecular flexibility index (Phi) is 8.12. The van der Waals surface area contributed by atoms with Crippen molar-refractivity contribution in [2.75, 3.05) is 0 Å². The van der Waals surface area contributed by atoms with Gasteiger partial charge in [0.05, 0.1) is 0 Å². The number of amides is 1. The molecule has 19 heavy (non-hydrogen) atoms. The fourth-order valence-electron chi connectivity index (χ4n) is 1.78. The maximum absolute atomic E-state index is 10.5. The Morgan fingerprint density at radius 2 is 1.26 bits per heavy atom. The van der Waals surface area contributed by atoms with Crippen molar-refractivity contribution in [1.29, 1.82) is 0 Å². The molecule has 7 nitrogen and oxygen atoms in total. The van der Waals surface area contributed by atoms with Crippen LogP contribution in [-0.4, -0.2) is 43.2 Å². The van der Waals surface area contributed by atoms with Gasteiger partial charge in [0.15, 0.2) is 5.79 Å². The summed E-state index contributed by atoms with van der Waals surface area (Å²) < 4.78 is 0. The highest BCUT2D eigenvalue weighted by atomic mass is 16.7. The zero-order valence-electron chi connectivity index (χ0n) is 11.1. The van der Waals surface area contributed by atoms with E-state index < -0.39 is 11.8 Å². The molecular weight excluding hydrogens is 254 g/mol. The molecule has 0 saturated carbocycles. The van der Waals surface area contributed by atoms with Crippen LogP contribution in [0.5, 0.6) is 0 Å². The van der Waals surface area contributed by atoms with Crippen molar-refractivity contribution in [3.05, 3.63) is 0 Å². The third-order valence-electron chi connectivity index (χ3n) is 2.84. The fourth-order valence-corrected chi connectivity index (χ4v) is 1.78. The van der Waals surface area contributed by atoms with E-state index in [4.69, 9.17) is 21.1 Å². The van der Waals surface area contributed by atoms with Gasteiger partial charge >= 0.3 is 0 Å². The molecule has 0 radical (unpaired) electrons. The van der Waals surface area contributed by atoms with Gasteiger partial charge in [0.2, 0.25) is 5.91 Å². The second-order valence-electron chi connectivity index (χ2n) is 4.99. The molecule has 0 bridgehead atoms. The number of nitrogens with two attached hydrogens (primary N) is 1. The lowest BCUT2D eigenvalue weighted by Gasteiger charge is -2.22. The molecule has 0 spiro atoms. The lowest BCUT2D eigenvalue weighted by atomic mass is 10.00. The largest absolute Gasteiger partial charge is 0.370 e. The Hall–Kier alpha value is -0.730. The van der Waals surface area contributed by atoms with Gasteiger partial charge in [-0.1, -0.05) is 6.42 Å². The van der Waals surface area contributed by atoms with Crippen molar-refractivity contribution < 1.29 is 30.3 Å². The summed E-state index contributed by atoms with van der Waals surface area (Å²) in [5.74, 6) is -4.85. The van der Waals surface area contributed by atoms with Crippen LogP contribution in [0.1, 0.15) is 57.8 Å². The molecule has 7 heteroatoms. The van der Waals surface area contributed by atoms with Crippen molar-refractivity contribution >= 4 is 5.91 Å². The van der Waals surface area contributed by atoms with Crippen LogP contribution >= 0.6 is 0 Å². The van der Waals surface area contributed by atoms with E-state index in [-0.39, 0.29) is 31.6 Å². The standard InChI is InChI=1S/C12H25NO6/c13-10(14)6-2-1-3-7-11(15,16)8-4-5-9-12(17,18)19/h15-19H,1-9H2,(H2,13,14). The number of rotatable bonds is 11. The lowest BCUT2D eigenvalue weighted by molar-refractivity contribution is -0.315. The average Bonchev–Trinajstić information content (AvgIpc) is 2.22. The fraction of sp³-hybridized carbons (Fsp3) is 0.917.